The number of rotatable bonds is 5. The molecule has 0 radical (unpaired) electrons. The smallest absolute Gasteiger partial charge is 0.335 e. The minimum absolute atomic E-state index is 0.0184. The van der Waals surface area contributed by atoms with Crippen LogP contribution in [-0.4, -0.2) is 25.0 Å². The fourth-order valence-corrected chi connectivity index (χ4v) is 4.30. The molecule has 1 aromatic carbocycles. The van der Waals surface area contributed by atoms with Gasteiger partial charge in [-0.25, -0.2) is 17.9 Å². The van der Waals surface area contributed by atoms with Crippen LogP contribution in [0.2, 0.25) is 0 Å². The fourth-order valence-electron chi connectivity index (χ4n) is 2.49. The Balaban J connectivity index is 2.38. The Hall–Kier alpha value is -1.40. The lowest BCUT2D eigenvalue weighted by Crippen LogP contribution is -2.52. The molecule has 1 fully saturated rings. The number of sulfonamides is 1. The molecule has 1 saturated carbocycles. The van der Waals surface area contributed by atoms with Crippen molar-refractivity contribution in [3.63, 3.8) is 0 Å². The van der Waals surface area contributed by atoms with Gasteiger partial charge < -0.3 is 5.11 Å². The first kappa shape index (κ1) is 15.0. The standard InChI is InChI=1S/C14H19NO4S/c1-3-14(7-4-8-14)15-20(18,19)12-9-11(13(16)17)6-5-10(12)2/h5-6,9,15H,3-4,7-8H2,1-2H3,(H,16,17). The number of hydrogen-bond donors (Lipinski definition) is 2. The second-order valence-corrected chi connectivity index (χ2v) is 7.03. The van der Waals surface area contributed by atoms with E-state index in [0.29, 0.717) is 5.56 Å². The van der Waals surface area contributed by atoms with E-state index in [9.17, 15) is 13.2 Å². The molecule has 2 N–H and O–H groups in total. The van der Waals surface area contributed by atoms with Gasteiger partial charge in [-0.3, -0.25) is 0 Å². The van der Waals surface area contributed by atoms with Gasteiger partial charge in [-0.1, -0.05) is 13.0 Å². The molecule has 0 aliphatic heterocycles. The van der Waals surface area contributed by atoms with E-state index in [0.717, 1.165) is 25.7 Å². The van der Waals surface area contributed by atoms with Gasteiger partial charge in [0.2, 0.25) is 10.0 Å². The van der Waals surface area contributed by atoms with E-state index in [2.05, 4.69) is 4.72 Å². The zero-order valence-electron chi connectivity index (χ0n) is 11.6. The van der Waals surface area contributed by atoms with E-state index < -0.39 is 16.0 Å². The summed E-state index contributed by atoms with van der Waals surface area (Å²) in [5.74, 6) is -1.13. The Labute approximate surface area is 119 Å². The Morgan fingerprint density at radius 2 is 2.05 bits per heavy atom. The lowest BCUT2D eigenvalue weighted by Gasteiger charge is -2.41. The fraction of sp³-hybridized carbons (Fsp3) is 0.500. The third kappa shape index (κ3) is 2.71. The molecule has 0 spiro atoms. The van der Waals surface area contributed by atoms with Crippen molar-refractivity contribution in [1.82, 2.24) is 4.72 Å². The summed E-state index contributed by atoms with van der Waals surface area (Å²) >= 11 is 0. The van der Waals surface area contributed by atoms with Crippen molar-refractivity contribution < 1.29 is 18.3 Å². The SMILES string of the molecule is CCC1(NS(=O)(=O)c2cc(C(=O)O)ccc2C)CCC1. The Bertz CT molecular complexity index is 627. The Morgan fingerprint density at radius 1 is 1.40 bits per heavy atom. The number of benzene rings is 1. The monoisotopic (exact) mass is 297 g/mol. The maximum absolute atomic E-state index is 12.5. The Morgan fingerprint density at radius 3 is 2.50 bits per heavy atom. The van der Waals surface area contributed by atoms with Crippen molar-refractivity contribution in [3.8, 4) is 0 Å². The number of nitrogens with one attached hydrogen (secondary N) is 1. The minimum atomic E-state index is -3.69. The van der Waals surface area contributed by atoms with Gasteiger partial charge in [0.25, 0.3) is 0 Å². The maximum atomic E-state index is 12.5. The third-order valence-corrected chi connectivity index (χ3v) is 5.78. The molecule has 0 amide bonds. The molecule has 0 heterocycles. The molecule has 5 nitrogen and oxygen atoms in total. The molecular formula is C14H19NO4S. The normalized spacial score (nSPS) is 17.5. The number of hydrogen-bond acceptors (Lipinski definition) is 3. The van der Waals surface area contributed by atoms with Gasteiger partial charge >= 0.3 is 5.97 Å². The van der Waals surface area contributed by atoms with Crippen molar-refractivity contribution in [2.45, 2.75) is 50.0 Å². The molecular weight excluding hydrogens is 278 g/mol. The first-order valence-electron chi connectivity index (χ1n) is 6.68. The maximum Gasteiger partial charge on any atom is 0.335 e. The van der Waals surface area contributed by atoms with Crippen LogP contribution in [0.15, 0.2) is 23.1 Å². The zero-order valence-corrected chi connectivity index (χ0v) is 12.5. The molecule has 110 valence electrons. The van der Waals surface area contributed by atoms with Gasteiger partial charge in [-0.05, 0) is 50.3 Å². The summed E-state index contributed by atoms with van der Waals surface area (Å²) in [7, 11) is -3.69. The molecule has 0 bridgehead atoms. The second kappa shape index (κ2) is 5.18. The molecule has 2 rings (SSSR count). The first-order chi connectivity index (χ1) is 9.30. The largest absolute Gasteiger partial charge is 0.478 e. The molecule has 0 unspecified atom stereocenters. The van der Waals surface area contributed by atoms with Crippen LogP contribution >= 0.6 is 0 Å². The van der Waals surface area contributed by atoms with E-state index in [4.69, 9.17) is 5.11 Å². The van der Waals surface area contributed by atoms with Crippen LogP contribution in [0.25, 0.3) is 0 Å². The van der Waals surface area contributed by atoms with Gasteiger partial charge in [-0.2, -0.15) is 0 Å². The topological polar surface area (TPSA) is 83.5 Å². The highest BCUT2D eigenvalue weighted by Gasteiger charge is 2.39. The summed E-state index contributed by atoms with van der Waals surface area (Å²) in [4.78, 5) is 11.0. The molecule has 1 aliphatic rings. The van der Waals surface area contributed by atoms with Crippen molar-refractivity contribution in [2.24, 2.45) is 0 Å². The van der Waals surface area contributed by atoms with Crippen LogP contribution in [0, 0.1) is 6.92 Å². The van der Waals surface area contributed by atoms with Crippen LogP contribution in [-0.2, 0) is 10.0 Å². The van der Waals surface area contributed by atoms with E-state index >= 15 is 0 Å². The molecule has 6 heteroatoms. The summed E-state index contributed by atoms with van der Waals surface area (Å²) in [6.45, 7) is 3.63. The van der Waals surface area contributed by atoms with Gasteiger partial charge in [0.05, 0.1) is 10.5 Å². The summed E-state index contributed by atoms with van der Waals surface area (Å²) in [5.41, 5.74) is 0.174. The summed E-state index contributed by atoms with van der Waals surface area (Å²) < 4.78 is 27.7. The minimum Gasteiger partial charge on any atom is -0.478 e. The third-order valence-electron chi connectivity index (χ3n) is 4.06. The quantitative estimate of drug-likeness (QED) is 0.873. The van der Waals surface area contributed by atoms with E-state index in [1.165, 1.54) is 18.2 Å². The molecule has 0 aromatic heterocycles. The summed E-state index contributed by atoms with van der Waals surface area (Å²) in [5, 5.41) is 8.99. The van der Waals surface area contributed by atoms with Gasteiger partial charge in [0.1, 0.15) is 0 Å². The number of aryl methyl sites for hydroxylation is 1. The Kier molecular flexibility index (Phi) is 3.88. The molecule has 1 aliphatic carbocycles. The van der Waals surface area contributed by atoms with Gasteiger partial charge in [0, 0.05) is 5.54 Å². The van der Waals surface area contributed by atoms with Crippen LogP contribution in [0.1, 0.15) is 48.5 Å². The van der Waals surface area contributed by atoms with E-state index in [-0.39, 0.29) is 16.0 Å². The van der Waals surface area contributed by atoms with Crippen LogP contribution in [0.5, 0.6) is 0 Å². The van der Waals surface area contributed by atoms with E-state index in [1.54, 1.807) is 6.92 Å². The highest BCUT2D eigenvalue weighted by Crippen LogP contribution is 2.36. The molecule has 0 saturated heterocycles. The highest BCUT2D eigenvalue weighted by molar-refractivity contribution is 7.89. The molecule has 1 aromatic rings. The van der Waals surface area contributed by atoms with Crippen molar-refractivity contribution in [3.05, 3.63) is 29.3 Å². The average Bonchev–Trinajstić information content (AvgIpc) is 2.34. The number of carbonyl (C=O) groups is 1. The van der Waals surface area contributed by atoms with Crippen LogP contribution in [0.3, 0.4) is 0 Å². The van der Waals surface area contributed by atoms with Crippen LogP contribution in [0.4, 0.5) is 0 Å². The van der Waals surface area contributed by atoms with Crippen molar-refractivity contribution in [1.29, 1.82) is 0 Å². The molecule has 0 atom stereocenters. The van der Waals surface area contributed by atoms with Gasteiger partial charge in [-0.15, -0.1) is 0 Å². The summed E-state index contributed by atoms with van der Waals surface area (Å²) in [6, 6.07) is 4.16. The number of carboxylic acids is 1. The van der Waals surface area contributed by atoms with Crippen molar-refractivity contribution >= 4 is 16.0 Å². The lowest BCUT2D eigenvalue weighted by atomic mass is 9.76. The van der Waals surface area contributed by atoms with Crippen molar-refractivity contribution in [2.75, 3.05) is 0 Å². The molecule has 20 heavy (non-hydrogen) atoms. The first-order valence-corrected chi connectivity index (χ1v) is 8.16. The van der Waals surface area contributed by atoms with Crippen LogP contribution < -0.4 is 4.72 Å². The predicted octanol–water partition coefficient (Wildman–Crippen LogP) is 2.30. The van der Waals surface area contributed by atoms with Gasteiger partial charge in [0.15, 0.2) is 0 Å². The predicted molar refractivity (Wildman–Crippen MR) is 75.3 cm³/mol. The zero-order chi connectivity index (χ0) is 15.0. The highest BCUT2D eigenvalue weighted by atomic mass is 32.2. The number of aromatic carboxylic acids is 1. The average molecular weight is 297 g/mol. The lowest BCUT2D eigenvalue weighted by molar-refractivity contribution is 0.0696. The second-order valence-electron chi connectivity index (χ2n) is 5.38. The summed E-state index contributed by atoms with van der Waals surface area (Å²) in [6.07, 6.45) is 3.43. The number of carboxylic acid groups (broad SMARTS) is 1. The van der Waals surface area contributed by atoms with E-state index in [1.807, 2.05) is 6.92 Å².